The topological polar surface area (TPSA) is 30.5 Å². The molecule has 0 aliphatic carbocycles. The summed E-state index contributed by atoms with van der Waals surface area (Å²) in [7, 11) is 1.71. The number of benzene rings is 2. The van der Waals surface area contributed by atoms with Gasteiger partial charge in [-0.25, -0.2) is 0 Å². The summed E-state index contributed by atoms with van der Waals surface area (Å²) in [5, 5.41) is 3.35. The Bertz CT molecular complexity index is 581. The molecule has 0 atom stereocenters. The van der Waals surface area contributed by atoms with Gasteiger partial charge >= 0.3 is 0 Å². The van der Waals surface area contributed by atoms with E-state index in [9.17, 15) is 0 Å². The van der Waals surface area contributed by atoms with E-state index in [0.717, 1.165) is 41.3 Å². The molecule has 0 spiro atoms. The number of hydrogen-bond donors (Lipinski definition) is 1. The first-order valence-electron chi connectivity index (χ1n) is 7.40. The van der Waals surface area contributed by atoms with Crippen molar-refractivity contribution in [2.24, 2.45) is 0 Å². The second-order valence-corrected chi connectivity index (χ2v) is 4.74. The Morgan fingerprint density at radius 1 is 1.00 bits per heavy atom. The molecule has 0 heterocycles. The van der Waals surface area contributed by atoms with Gasteiger partial charge in [-0.05, 0) is 37.2 Å². The van der Waals surface area contributed by atoms with Gasteiger partial charge in [0.1, 0.15) is 11.5 Å². The van der Waals surface area contributed by atoms with Crippen LogP contribution in [-0.4, -0.2) is 20.3 Å². The van der Waals surface area contributed by atoms with Gasteiger partial charge in [0.15, 0.2) is 0 Å². The van der Waals surface area contributed by atoms with Crippen molar-refractivity contribution in [2.45, 2.75) is 20.4 Å². The standard InChI is InChI=1S/C18H23NO2/c1-4-19-13-15-12-14(10-11-17(15)20-3)16-8-6-7-9-18(16)21-5-2/h6-12,19H,4-5,13H2,1-3H3. The van der Waals surface area contributed by atoms with Crippen LogP contribution in [0, 0.1) is 0 Å². The highest BCUT2D eigenvalue weighted by Gasteiger charge is 2.09. The fourth-order valence-electron chi connectivity index (χ4n) is 2.33. The third-order valence-electron chi connectivity index (χ3n) is 3.34. The Morgan fingerprint density at radius 3 is 2.52 bits per heavy atom. The second kappa shape index (κ2) is 7.70. The van der Waals surface area contributed by atoms with Crippen LogP contribution in [0.3, 0.4) is 0 Å². The van der Waals surface area contributed by atoms with Gasteiger partial charge in [-0.2, -0.15) is 0 Å². The van der Waals surface area contributed by atoms with E-state index in [1.54, 1.807) is 7.11 Å². The molecule has 21 heavy (non-hydrogen) atoms. The average molecular weight is 285 g/mol. The zero-order chi connectivity index (χ0) is 15.1. The molecule has 2 aromatic carbocycles. The van der Waals surface area contributed by atoms with Crippen LogP contribution < -0.4 is 14.8 Å². The maximum atomic E-state index is 5.72. The van der Waals surface area contributed by atoms with Gasteiger partial charge in [0.2, 0.25) is 0 Å². The summed E-state index contributed by atoms with van der Waals surface area (Å²) >= 11 is 0. The van der Waals surface area contributed by atoms with Crippen molar-refractivity contribution in [2.75, 3.05) is 20.3 Å². The number of rotatable bonds is 7. The number of hydrogen-bond acceptors (Lipinski definition) is 3. The van der Waals surface area contributed by atoms with E-state index < -0.39 is 0 Å². The minimum Gasteiger partial charge on any atom is -0.496 e. The van der Waals surface area contributed by atoms with Gasteiger partial charge in [-0.1, -0.05) is 31.2 Å². The minimum atomic E-state index is 0.664. The van der Waals surface area contributed by atoms with Crippen molar-refractivity contribution in [3.63, 3.8) is 0 Å². The molecular weight excluding hydrogens is 262 g/mol. The molecule has 0 radical (unpaired) electrons. The highest BCUT2D eigenvalue weighted by Crippen LogP contribution is 2.32. The number of nitrogens with one attached hydrogen (secondary N) is 1. The molecule has 2 aromatic rings. The second-order valence-electron chi connectivity index (χ2n) is 4.74. The van der Waals surface area contributed by atoms with E-state index in [-0.39, 0.29) is 0 Å². The van der Waals surface area contributed by atoms with E-state index in [1.165, 1.54) is 0 Å². The summed E-state index contributed by atoms with van der Waals surface area (Å²) in [6.07, 6.45) is 0. The lowest BCUT2D eigenvalue weighted by atomic mass is 10.0. The lowest BCUT2D eigenvalue weighted by Gasteiger charge is -2.14. The zero-order valence-electron chi connectivity index (χ0n) is 13.0. The highest BCUT2D eigenvalue weighted by atomic mass is 16.5. The summed E-state index contributed by atoms with van der Waals surface area (Å²) in [5.41, 5.74) is 3.41. The molecule has 3 heteroatoms. The van der Waals surface area contributed by atoms with Gasteiger partial charge in [0.25, 0.3) is 0 Å². The van der Waals surface area contributed by atoms with Crippen molar-refractivity contribution in [1.29, 1.82) is 0 Å². The molecule has 0 bridgehead atoms. The van der Waals surface area contributed by atoms with Gasteiger partial charge in [-0.15, -0.1) is 0 Å². The lowest BCUT2D eigenvalue weighted by Crippen LogP contribution is -2.12. The fraction of sp³-hybridized carbons (Fsp3) is 0.333. The smallest absolute Gasteiger partial charge is 0.127 e. The third-order valence-corrected chi connectivity index (χ3v) is 3.34. The van der Waals surface area contributed by atoms with Crippen molar-refractivity contribution >= 4 is 0 Å². The van der Waals surface area contributed by atoms with Crippen LogP contribution >= 0.6 is 0 Å². The largest absolute Gasteiger partial charge is 0.496 e. The Hall–Kier alpha value is -2.00. The van der Waals surface area contributed by atoms with Crippen LogP contribution in [0.2, 0.25) is 0 Å². The number of ether oxygens (including phenoxy) is 2. The molecule has 0 unspecified atom stereocenters. The van der Waals surface area contributed by atoms with Gasteiger partial charge < -0.3 is 14.8 Å². The Morgan fingerprint density at radius 2 is 1.81 bits per heavy atom. The summed E-state index contributed by atoms with van der Waals surface area (Å²) < 4.78 is 11.2. The molecule has 0 saturated heterocycles. The van der Waals surface area contributed by atoms with Gasteiger partial charge in [0.05, 0.1) is 13.7 Å². The molecule has 0 amide bonds. The maximum Gasteiger partial charge on any atom is 0.127 e. The lowest BCUT2D eigenvalue weighted by molar-refractivity contribution is 0.341. The van der Waals surface area contributed by atoms with Crippen LogP contribution in [-0.2, 0) is 6.54 Å². The van der Waals surface area contributed by atoms with E-state index in [2.05, 4.69) is 30.4 Å². The molecule has 0 aliphatic heterocycles. The van der Waals surface area contributed by atoms with Crippen LogP contribution in [0.5, 0.6) is 11.5 Å². The summed E-state index contributed by atoms with van der Waals surface area (Å²) in [4.78, 5) is 0. The summed E-state index contributed by atoms with van der Waals surface area (Å²) in [6.45, 7) is 6.49. The molecule has 1 N–H and O–H groups in total. The minimum absolute atomic E-state index is 0.664. The van der Waals surface area contributed by atoms with Gasteiger partial charge in [-0.3, -0.25) is 0 Å². The molecule has 0 fully saturated rings. The van der Waals surface area contributed by atoms with Crippen molar-refractivity contribution in [1.82, 2.24) is 5.32 Å². The first kappa shape index (κ1) is 15.4. The molecule has 2 rings (SSSR count). The maximum absolute atomic E-state index is 5.72. The highest BCUT2D eigenvalue weighted by molar-refractivity contribution is 5.71. The van der Waals surface area contributed by atoms with Gasteiger partial charge in [0, 0.05) is 17.7 Å². The Kier molecular flexibility index (Phi) is 5.64. The fourth-order valence-corrected chi connectivity index (χ4v) is 2.33. The third kappa shape index (κ3) is 3.76. The normalized spacial score (nSPS) is 10.4. The molecular formula is C18H23NO2. The Balaban J connectivity index is 2.40. The predicted octanol–water partition coefficient (Wildman–Crippen LogP) is 3.87. The first-order chi connectivity index (χ1) is 10.3. The van der Waals surface area contributed by atoms with Crippen LogP contribution in [0.15, 0.2) is 42.5 Å². The first-order valence-corrected chi connectivity index (χ1v) is 7.40. The van der Waals surface area contributed by atoms with Crippen molar-refractivity contribution < 1.29 is 9.47 Å². The number of para-hydroxylation sites is 1. The van der Waals surface area contributed by atoms with E-state index >= 15 is 0 Å². The quantitative estimate of drug-likeness (QED) is 0.837. The number of methoxy groups -OCH3 is 1. The van der Waals surface area contributed by atoms with E-state index in [0.29, 0.717) is 6.61 Å². The van der Waals surface area contributed by atoms with Crippen molar-refractivity contribution in [3.05, 3.63) is 48.0 Å². The van der Waals surface area contributed by atoms with E-state index in [4.69, 9.17) is 9.47 Å². The van der Waals surface area contributed by atoms with E-state index in [1.807, 2.05) is 31.2 Å². The Labute approximate surface area is 126 Å². The SMILES string of the molecule is CCNCc1cc(-c2ccccc2OCC)ccc1OC. The predicted molar refractivity (Wildman–Crippen MR) is 87.0 cm³/mol. The summed E-state index contributed by atoms with van der Waals surface area (Å²) in [6, 6.07) is 14.4. The molecule has 3 nitrogen and oxygen atoms in total. The van der Waals surface area contributed by atoms with Crippen LogP contribution in [0.25, 0.3) is 11.1 Å². The van der Waals surface area contributed by atoms with Crippen molar-refractivity contribution in [3.8, 4) is 22.6 Å². The monoisotopic (exact) mass is 285 g/mol. The molecule has 0 aromatic heterocycles. The molecule has 112 valence electrons. The zero-order valence-corrected chi connectivity index (χ0v) is 13.0. The average Bonchev–Trinajstić information content (AvgIpc) is 2.53. The van der Waals surface area contributed by atoms with Crippen LogP contribution in [0.4, 0.5) is 0 Å². The summed E-state index contributed by atoms with van der Waals surface area (Å²) in [5.74, 6) is 1.83. The molecule has 0 aliphatic rings. The molecule has 0 saturated carbocycles. The van der Waals surface area contributed by atoms with Crippen LogP contribution in [0.1, 0.15) is 19.4 Å².